The zero-order chi connectivity index (χ0) is 35.3. The van der Waals surface area contributed by atoms with Crippen molar-refractivity contribution in [2.24, 2.45) is 0 Å². The summed E-state index contributed by atoms with van der Waals surface area (Å²) in [5, 5.41) is 9.63. The van der Waals surface area contributed by atoms with Crippen LogP contribution in [0.4, 0.5) is 0 Å². The van der Waals surface area contributed by atoms with Crippen LogP contribution < -0.4 is 9.47 Å². The smallest absolute Gasteiger partial charge is 0.135 e. The van der Waals surface area contributed by atoms with Gasteiger partial charge in [-0.15, -0.1) is 0 Å². The molecule has 10 aromatic carbocycles. The largest absolute Gasteiger partial charge is 0.456 e. The van der Waals surface area contributed by atoms with Crippen molar-refractivity contribution in [2.75, 3.05) is 0 Å². The van der Waals surface area contributed by atoms with Crippen molar-refractivity contribution < 1.29 is 9.47 Å². The van der Waals surface area contributed by atoms with Crippen LogP contribution in [-0.4, -0.2) is 0 Å². The van der Waals surface area contributed by atoms with Crippen LogP contribution in [0.3, 0.4) is 0 Å². The maximum atomic E-state index is 6.44. The zero-order valence-electron chi connectivity index (χ0n) is 29.1. The summed E-state index contributed by atoms with van der Waals surface area (Å²) < 4.78 is 12.9. The quantitative estimate of drug-likeness (QED) is 0.184. The van der Waals surface area contributed by atoms with Crippen molar-refractivity contribution in [2.45, 2.75) is 0 Å². The lowest BCUT2D eigenvalue weighted by Crippen LogP contribution is -1.98. The summed E-state index contributed by atoms with van der Waals surface area (Å²) in [6, 6.07) is 65.6. The molecular formula is C52H30O2. The first-order valence-electron chi connectivity index (χ1n) is 18.5. The van der Waals surface area contributed by atoms with E-state index in [1.54, 1.807) is 0 Å². The van der Waals surface area contributed by atoms with Gasteiger partial charge in [0.1, 0.15) is 23.0 Å². The predicted octanol–water partition coefficient (Wildman–Crippen LogP) is 14.8. The fourth-order valence-corrected chi connectivity index (χ4v) is 9.18. The van der Waals surface area contributed by atoms with Gasteiger partial charge in [0.25, 0.3) is 0 Å². The minimum absolute atomic E-state index is 0.905. The summed E-state index contributed by atoms with van der Waals surface area (Å²) in [7, 11) is 0. The second-order valence-corrected chi connectivity index (χ2v) is 14.3. The monoisotopic (exact) mass is 686 g/mol. The molecule has 250 valence electrons. The zero-order valence-corrected chi connectivity index (χ0v) is 29.1. The number of hydrogen-bond donors (Lipinski definition) is 0. The summed E-state index contributed by atoms with van der Waals surface area (Å²) in [5.74, 6) is 3.62. The molecule has 12 rings (SSSR count). The van der Waals surface area contributed by atoms with Crippen LogP contribution in [0.25, 0.3) is 98.7 Å². The lowest BCUT2D eigenvalue weighted by atomic mass is 9.85. The van der Waals surface area contributed by atoms with Crippen LogP contribution >= 0.6 is 0 Å². The molecule has 0 saturated carbocycles. The van der Waals surface area contributed by atoms with Crippen molar-refractivity contribution in [3.05, 3.63) is 182 Å². The van der Waals surface area contributed by atoms with Crippen molar-refractivity contribution in [3.63, 3.8) is 0 Å². The normalized spacial score (nSPS) is 12.4. The van der Waals surface area contributed by atoms with E-state index in [2.05, 4.69) is 170 Å². The number of hydrogen-bond acceptors (Lipinski definition) is 2. The van der Waals surface area contributed by atoms with Crippen LogP contribution in [0.2, 0.25) is 0 Å². The average Bonchev–Trinajstić information content (AvgIpc) is 3.23. The van der Waals surface area contributed by atoms with Crippen molar-refractivity contribution in [3.8, 4) is 78.6 Å². The molecule has 0 aliphatic carbocycles. The first kappa shape index (κ1) is 29.4. The number of rotatable bonds is 3. The van der Waals surface area contributed by atoms with E-state index in [0.29, 0.717) is 0 Å². The van der Waals surface area contributed by atoms with Gasteiger partial charge in [-0.1, -0.05) is 158 Å². The SMILES string of the molecule is c1ccc2c(c1)Oc1ccc(-c3cccc4c(-c5ccc(-c6ccc7c8c(cccc68)Oc6ccccc6-7)c6ccccc56)cccc34)c3cccc-2c13. The van der Waals surface area contributed by atoms with E-state index in [4.69, 9.17) is 9.47 Å². The molecule has 0 N–H and O–H groups in total. The first-order valence-corrected chi connectivity index (χ1v) is 18.5. The molecule has 2 nitrogen and oxygen atoms in total. The number of fused-ring (bicyclic) bond motifs is 6. The molecule has 0 aromatic heterocycles. The van der Waals surface area contributed by atoms with Crippen LogP contribution in [0, 0.1) is 0 Å². The molecule has 2 heterocycles. The second kappa shape index (κ2) is 11.2. The molecule has 2 aliphatic heterocycles. The highest BCUT2D eigenvalue weighted by Crippen LogP contribution is 2.51. The maximum Gasteiger partial charge on any atom is 0.135 e. The van der Waals surface area contributed by atoms with Gasteiger partial charge in [-0.3, -0.25) is 0 Å². The third kappa shape index (κ3) is 4.11. The van der Waals surface area contributed by atoms with Gasteiger partial charge in [0, 0.05) is 21.9 Å². The molecule has 2 aliphatic rings. The molecule has 10 aromatic rings. The third-order valence-corrected chi connectivity index (χ3v) is 11.5. The molecule has 0 amide bonds. The van der Waals surface area contributed by atoms with Gasteiger partial charge in [0.15, 0.2) is 0 Å². The van der Waals surface area contributed by atoms with Gasteiger partial charge in [0.2, 0.25) is 0 Å². The Kier molecular flexibility index (Phi) is 6.09. The van der Waals surface area contributed by atoms with Crippen LogP contribution in [0.15, 0.2) is 182 Å². The molecule has 0 atom stereocenters. The first-order chi connectivity index (χ1) is 26.8. The Bertz CT molecular complexity index is 3100. The Hall–Kier alpha value is -7.16. The molecule has 0 saturated heterocycles. The van der Waals surface area contributed by atoms with E-state index in [1.807, 2.05) is 12.1 Å². The van der Waals surface area contributed by atoms with E-state index in [0.717, 1.165) is 44.9 Å². The summed E-state index contributed by atoms with van der Waals surface area (Å²) in [6.45, 7) is 0. The number of para-hydroxylation sites is 2. The lowest BCUT2D eigenvalue weighted by molar-refractivity contribution is 0.487. The molecule has 0 fully saturated rings. The van der Waals surface area contributed by atoms with Gasteiger partial charge in [-0.2, -0.15) is 0 Å². The molecule has 54 heavy (non-hydrogen) atoms. The third-order valence-electron chi connectivity index (χ3n) is 11.5. The van der Waals surface area contributed by atoms with Crippen LogP contribution in [0.5, 0.6) is 23.0 Å². The van der Waals surface area contributed by atoms with Crippen molar-refractivity contribution in [1.82, 2.24) is 0 Å². The van der Waals surface area contributed by atoms with E-state index >= 15 is 0 Å². The summed E-state index contributed by atoms with van der Waals surface area (Å²) >= 11 is 0. The Morgan fingerprint density at radius 3 is 1.04 bits per heavy atom. The highest BCUT2D eigenvalue weighted by atomic mass is 16.5. The fraction of sp³-hybridized carbons (Fsp3) is 0. The number of benzene rings is 10. The standard InChI is InChI=1S/C52H30O2/c1-2-12-32-31(11-1)37(25-26-38(32)39-27-28-46-42-14-4-6-23-48(42)53-49-24-10-21-44(39)52(46)49)35-17-7-16-34-33(35)15-8-18-36(34)40-29-30-50-51-43(40)19-9-20-45(51)41-13-3-5-22-47(41)54-50/h1-30H. The highest BCUT2D eigenvalue weighted by Gasteiger charge is 2.24. The fourth-order valence-electron chi connectivity index (χ4n) is 9.18. The van der Waals surface area contributed by atoms with Gasteiger partial charge in [-0.05, 0) is 101 Å². The predicted molar refractivity (Wildman–Crippen MR) is 224 cm³/mol. The topological polar surface area (TPSA) is 18.5 Å². The lowest BCUT2D eigenvalue weighted by Gasteiger charge is -2.23. The minimum atomic E-state index is 0.905. The summed E-state index contributed by atoms with van der Waals surface area (Å²) in [5.41, 5.74) is 12.0. The van der Waals surface area contributed by atoms with E-state index in [9.17, 15) is 0 Å². The Balaban J connectivity index is 1.04. The van der Waals surface area contributed by atoms with Crippen LogP contribution in [0.1, 0.15) is 0 Å². The van der Waals surface area contributed by atoms with Gasteiger partial charge < -0.3 is 9.47 Å². The van der Waals surface area contributed by atoms with Crippen molar-refractivity contribution >= 4 is 43.1 Å². The van der Waals surface area contributed by atoms with Gasteiger partial charge >= 0.3 is 0 Å². The van der Waals surface area contributed by atoms with E-state index < -0.39 is 0 Å². The Morgan fingerprint density at radius 2 is 0.481 bits per heavy atom. The maximum absolute atomic E-state index is 6.44. The highest BCUT2D eigenvalue weighted by molar-refractivity contribution is 6.18. The number of ether oxygens (including phenoxy) is 2. The van der Waals surface area contributed by atoms with E-state index in [-0.39, 0.29) is 0 Å². The van der Waals surface area contributed by atoms with Gasteiger partial charge in [-0.25, -0.2) is 0 Å². The molecule has 0 radical (unpaired) electrons. The van der Waals surface area contributed by atoms with Gasteiger partial charge in [0.05, 0.1) is 0 Å². The van der Waals surface area contributed by atoms with Crippen molar-refractivity contribution in [1.29, 1.82) is 0 Å². The molecule has 0 bridgehead atoms. The van der Waals surface area contributed by atoms with E-state index in [1.165, 1.54) is 76.8 Å². The molecule has 0 spiro atoms. The minimum Gasteiger partial charge on any atom is -0.456 e. The summed E-state index contributed by atoms with van der Waals surface area (Å²) in [4.78, 5) is 0. The summed E-state index contributed by atoms with van der Waals surface area (Å²) in [6.07, 6.45) is 0. The second-order valence-electron chi connectivity index (χ2n) is 14.3. The van der Waals surface area contributed by atoms with Crippen LogP contribution in [-0.2, 0) is 0 Å². The Labute approximate surface area is 312 Å². The molecule has 0 unspecified atom stereocenters. The average molecular weight is 687 g/mol. The molecule has 2 heteroatoms. The molecular weight excluding hydrogens is 657 g/mol. The Morgan fingerprint density at radius 1 is 0.185 bits per heavy atom.